The Hall–Kier alpha value is -2.77. The molecule has 0 unspecified atom stereocenters. The number of carbonyl (C=O) groups is 1. The van der Waals surface area contributed by atoms with Gasteiger partial charge >= 0.3 is 6.18 Å². The van der Waals surface area contributed by atoms with Crippen molar-refractivity contribution in [1.82, 2.24) is 10.3 Å². The smallest absolute Gasteiger partial charge is 0.422 e. The number of para-hydroxylation sites is 1. The molecule has 2 heterocycles. The number of alkyl halides is 3. The SMILES string of the molecule is O=C(N[C@@H]1CCOc2ccccc21)c1ccc(OCC(F)(F)F)nc1. The van der Waals surface area contributed by atoms with Crippen LogP contribution in [0.3, 0.4) is 0 Å². The normalized spacial score (nSPS) is 16.5. The molecule has 0 saturated carbocycles. The molecule has 1 aromatic heterocycles. The third-order valence-corrected chi connectivity index (χ3v) is 3.65. The van der Waals surface area contributed by atoms with Crippen molar-refractivity contribution in [3.63, 3.8) is 0 Å². The molecule has 0 radical (unpaired) electrons. The van der Waals surface area contributed by atoms with Gasteiger partial charge in [0, 0.05) is 24.2 Å². The number of rotatable bonds is 4. The zero-order chi connectivity index (χ0) is 17.9. The molecule has 0 spiro atoms. The molecular formula is C17H15F3N2O3. The highest BCUT2D eigenvalue weighted by molar-refractivity contribution is 5.94. The number of ether oxygens (including phenoxy) is 2. The van der Waals surface area contributed by atoms with Crippen molar-refractivity contribution in [3.8, 4) is 11.6 Å². The van der Waals surface area contributed by atoms with E-state index in [2.05, 4.69) is 15.0 Å². The molecule has 1 aliphatic rings. The first-order valence-corrected chi connectivity index (χ1v) is 7.60. The van der Waals surface area contributed by atoms with E-state index in [1.807, 2.05) is 24.3 Å². The van der Waals surface area contributed by atoms with Gasteiger partial charge in [0.2, 0.25) is 5.88 Å². The zero-order valence-electron chi connectivity index (χ0n) is 13.0. The first kappa shape index (κ1) is 17.1. The van der Waals surface area contributed by atoms with Crippen molar-refractivity contribution in [2.24, 2.45) is 0 Å². The van der Waals surface area contributed by atoms with Gasteiger partial charge in [-0.25, -0.2) is 4.98 Å². The average molecular weight is 352 g/mol. The van der Waals surface area contributed by atoms with Crippen LogP contribution in [0, 0.1) is 0 Å². The van der Waals surface area contributed by atoms with Crippen LogP contribution in [0.1, 0.15) is 28.4 Å². The lowest BCUT2D eigenvalue weighted by atomic mass is 10.0. The quantitative estimate of drug-likeness (QED) is 0.917. The van der Waals surface area contributed by atoms with Crippen LogP contribution in [0.25, 0.3) is 0 Å². The predicted molar refractivity (Wildman–Crippen MR) is 82.5 cm³/mol. The molecule has 25 heavy (non-hydrogen) atoms. The van der Waals surface area contributed by atoms with E-state index in [0.29, 0.717) is 13.0 Å². The van der Waals surface area contributed by atoms with Gasteiger partial charge in [-0.3, -0.25) is 4.79 Å². The Morgan fingerprint density at radius 3 is 2.80 bits per heavy atom. The van der Waals surface area contributed by atoms with Gasteiger partial charge in [-0.2, -0.15) is 13.2 Å². The van der Waals surface area contributed by atoms with Gasteiger partial charge in [-0.05, 0) is 12.1 Å². The lowest BCUT2D eigenvalue weighted by molar-refractivity contribution is -0.154. The summed E-state index contributed by atoms with van der Waals surface area (Å²) in [4.78, 5) is 16.1. The molecule has 1 aromatic carbocycles. The molecule has 0 aliphatic carbocycles. The zero-order valence-corrected chi connectivity index (χ0v) is 13.0. The molecule has 1 aliphatic heterocycles. The number of amides is 1. The molecule has 132 valence electrons. The fraction of sp³-hybridized carbons (Fsp3) is 0.294. The second kappa shape index (κ2) is 7.00. The Balaban J connectivity index is 1.64. The Labute approximate surface area is 141 Å². The van der Waals surface area contributed by atoms with Gasteiger partial charge in [-0.1, -0.05) is 18.2 Å². The molecule has 0 saturated heterocycles. The number of fused-ring (bicyclic) bond motifs is 1. The van der Waals surface area contributed by atoms with Gasteiger partial charge in [0.25, 0.3) is 5.91 Å². The van der Waals surface area contributed by atoms with Gasteiger partial charge < -0.3 is 14.8 Å². The van der Waals surface area contributed by atoms with Crippen LogP contribution in [-0.4, -0.2) is 30.3 Å². The van der Waals surface area contributed by atoms with E-state index in [4.69, 9.17) is 4.74 Å². The lowest BCUT2D eigenvalue weighted by Crippen LogP contribution is -2.32. The maximum atomic E-state index is 12.3. The first-order valence-electron chi connectivity index (χ1n) is 7.60. The van der Waals surface area contributed by atoms with Crippen LogP contribution in [0.15, 0.2) is 42.6 Å². The summed E-state index contributed by atoms with van der Waals surface area (Å²) >= 11 is 0. The minimum atomic E-state index is -4.44. The van der Waals surface area contributed by atoms with Crippen LogP contribution in [0.5, 0.6) is 11.6 Å². The highest BCUT2D eigenvalue weighted by atomic mass is 19.4. The van der Waals surface area contributed by atoms with Crippen LogP contribution in [0.2, 0.25) is 0 Å². The summed E-state index contributed by atoms with van der Waals surface area (Å²) in [5.41, 5.74) is 1.13. The first-order chi connectivity index (χ1) is 11.9. The highest BCUT2D eigenvalue weighted by Crippen LogP contribution is 2.31. The van der Waals surface area contributed by atoms with E-state index in [9.17, 15) is 18.0 Å². The largest absolute Gasteiger partial charge is 0.493 e. The minimum absolute atomic E-state index is 0.190. The number of halogens is 3. The average Bonchev–Trinajstić information content (AvgIpc) is 2.60. The summed E-state index contributed by atoms with van der Waals surface area (Å²) in [7, 11) is 0. The number of benzene rings is 1. The summed E-state index contributed by atoms with van der Waals surface area (Å²) in [6, 6.07) is 9.85. The summed E-state index contributed by atoms with van der Waals surface area (Å²) in [5.74, 6) is 0.176. The molecule has 0 bridgehead atoms. The van der Waals surface area contributed by atoms with Gasteiger partial charge in [-0.15, -0.1) is 0 Å². The number of carbonyl (C=O) groups excluding carboxylic acids is 1. The molecule has 1 amide bonds. The Morgan fingerprint density at radius 1 is 1.28 bits per heavy atom. The standard InChI is InChI=1S/C17H15F3N2O3/c18-17(19,20)10-25-15-6-5-11(9-21-15)16(23)22-13-7-8-24-14-4-2-1-3-12(13)14/h1-6,9,13H,7-8,10H2,(H,22,23)/t13-/m1/s1. The lowest BCUT2D eigenvalue weighted by Gasteiger charge is -2.26. The number of aromatic nitrogens is 1. The second-order valence-electron chi connectivity index (χ2n) is 5.49. The topological polar surface area (TPSA) is 60.5 Å². The van der Waals surface area contributed by atoms with E-state index in [1.165, 1.54) is 18.3 Å². The van der Waals surface area contributed by atoms with Crippen molar-refractivity contribution in [2.75, 3.05) is 13.2 Å². The fourth-order valence-corrected chi connectivity index (χ4v) is 2.49. The third-order valence-electron chi connectivity index (χ3n) is 3.65. The van der Waals surface area contributed by atoms with E-state index in [1.54, 1.807) is 0 Å². The molecular weight excluding hydrogens is 337 g/mol. The monoisotopic (exact) mass is 352 g/mol. The molecule has 5 nitrogen and oxygen atoms in total. The molecule has 2 aromatic rings. The van der Waals surface area contributed by atoms with E-state index < -0.39 is 12.8 Å². The van der Waals surface area contributed by atoms with Crippen molar-refractivity contribution in [2.45, 2.75) is 18.6 Å². The fourth-order valence-electron chi connectivity index (χ4n) is 2.49. The molecule has 1 N–H and O–H groups in total. The van der Waals surface area contributed by atoms with Crippen LogP contribution >= 0.6 is 0 Å². The Bertz CT molecular complexity index is 748. The number of nitrogens with one attached hydrogen (secondary N) is 1. The van der Waals surface area contributed by atoms with Gasteiger partial charge in [0.05, 0.1) is 18.2 Å². The molecule has 0 fully saturated rings. The Kier molecular flexibility index (Phi) is 4.78. The predicted octanol–water partition coefficient (Wildman–Crippen LogP) is 3.28. The summed E-state index contributed by atoms with van der Waals surface area (Å²) in [6.45, 7) is -0.936. The third kappa shape index (κ3) is 4.40. The van der Waals surface area contributed by atoms with Gasteiger partial charge in [0.1, 0.15) is 5.75 Å². The second-order valence-corrected chi connectivity index (χ2v) is 5.49. The Morgan fingerprint density at radius 2 is 2.08 bits per heavy atom. The number of pyridine rings is 1. The van der Waals surface area contributed by atoms with Gasteiger partial charge in [0.15, 0.2) is 6.61 Å². The molecule has 3 rings (SSSR count). The number of hydrogen-bond donors (Lipinski definition) is 1. The van der Waals surface area contributed by atoms with Crippen molar-refractivity contribution < 1.29 is 27.4 Å². The van der Waals surface area contributed by atoms with E-state index in [0.717, 1.165) is 11.3 Å². The summed E-state index contributed by atoms with van der Waals surface area (Å²) in [6.07, 6.45) is -2.62. The van der Waals surface area contributed by atoms with Crippen LogP contribution in [-0.2, 0) is 0 Å². The molecule has 1 atom stereocenters. The number of nitrogens with zero attached hydrogens (tertiary/aromatic N) is 1. The maximum Gasteiger partial charge on any atom is 0.422 e. The minimum Gasteiger partial charge on any atom is -0.493 e. The van der Waals surface area contributed by atoms with Crippen molar-refractivity contribution >= 4 is 5.91 Å². The number of hydrogen-bond acceptors (Lipinski definition) is 4. The highest BCUT2D eigenvalue weighted by Gasteiger charge is 2.28. The van der Waals surface area contributed by atoms with E-state index in [-0.39, 0.29) is 23.4 Å². The van der Waals surface area contributed by atoms with E-state index >= 15 is 0 Å². The molecule has 8 heteroatoms. The summed E-state index contributed by atoms with van der Waals surface area (Å²) < 4.78 is 46.4. The van der Waals surface area contributed by atoms with Crippen LogP contribution < -0.4 is 14.8 Å². The van der Waals surface area contributed by atoms with Crippen molar-refractivity contribution in [3.05, 3.63) is 53.7 Å². The summed E-state index contributed by atoms with van der Waals surface area (Å²) in [5, 5.41) is 2.89. The maximum absolute atomic E-state index is 12.3. The van der Waals surface area contributed by atoms with Crippen LogP contribution in [0.4, 0.5) is 13.2 Å². The van der Waals surface area contributed by atoms with Crippen molar-refractivity contribution in [1.29, 1.82) is 0 Å².